The van der Waals surface area contributed by atoms with E-state index in [0.717, 1.165) is 11.4 Å². The molecule has 0 bridgehead atoms. The van der Waals surface area contributed by atoms with Crippen LogP contribution in [-0.4, -0.2) is 24.9 Å². The smallest absolute Gasteiger partial charge is 0.0589 e. The molecule has 3 heteroatoms. The third-order valence-corrected chi connectivity index (χ3v) is 3.89. The molecule has 1 atom stereocenters. The van der Waals surface area contributed by atoms with Crippen LogP contribution in [0.4, 0.5) is 0 Å². The van der Waals surface area contributed by atoms with Gasteiger partial charge in [-0.05, 0) is 23.6 Å². The van der Waals surface area contributed by atoms with Gasteiger partial charge in [0.05, 0.1) is 13.2 Å². The summed E-state index contributed by atoms with van der Waals surface area (Å²) >= 11 is 5.89. The first-order chi connectivity index (χ1) is 7.73. The Kier molecular flexibility index (Phi) is 3.53. The van der Waals surface area contributed by atoms with E-state index in [9.17, 15) is 5.11 Å². The van der Waals surface area contributed by atoms with Crippen LogP contribution in [0.25, 0.3) is 0 Å². The van der Waals surface area contributed by atoms with Gasteiger partial charge < -0.3 is 9.84 Å². The molecule has 0 spiro atoms. The highest BCUT2D eigenvalue weighted by molar-refractivity contribution is 6.30. The van der Waals surface area contributed by atoms with Gasteiger partial charge in [0, 0.05) is 17.0 Å². The minimum Gasteiger partial charge on any atom is -0.396 e. The summed E-state index contributed by atoms with van der Waals surface area (Å²) in [4.78, 5) is 0. The molecule has 88 valence electrons. The zero-order valence-corrected chi connectivity index (χ0v) is 10.2. The van der Waals surface area contributed by atoms with E-state index >= 15 is 0 Å². The van der Waals surface area contributed by atoms with Gasteiger partial charge in [-0.25, -0.2) is 0 Å². The van der Waals surface area contributed by atoms with Crippen molar-refractivity contribution in [2.24, 2.45) is 5.92 Å². The topological polar surface area (TPSA) is 29.5 Å². The molecule has 1 N–H and O–H groups in total. The fourth-order valence-electron chi connectivity index (χ4n) is 2.44. The largest absolute Gasteiger partial charge is 0.396 e. The van der Waals surface area contributed by atoms with Crippen LogP contribution in [0.1, 0.15) is 18.9 Å². The number of hydrogen-bond donors (Lipinski definition) is 1. The van der Waals surface area contributed by atoms with E-state index in [1.165, 1.54) is 5.56 Å². The molecule has 1 aromatic rings. The van der Waals surface area contributed by atoms with Crippen molar-refractivity contribution in [3.05, 3.63) is 34.9 Å². The quantitative estimate of drug-likeness (QED) is 0.877. The lowest BCUT2D eigenvalue weighted by atomic mass is 9.68. The van der Waals surface area contributed by atoms with E-state index in [1.807, 2.05) is 24.3 Å². The normalized spacial score (nSPS) is 20.2. The van der Waals surface area contributed by atoms with Crippen molar-refractivity contribution in [2.45, 2.75) is 18.8 Å². The van der Waals surface area contributed by atoms with E-state index in [1.54, 1.807) is 0 Å². The second-order valence-electron chi connectivity index (χ2n) is 4.44. The third-order valence-electron chi connectivity index (χ3n) is 3.63. The minimum atomic E-state index is -0.00586. The first-order valence-corrected chi connectivity index (χ1v) is 6.05. The molecule has 1 heterocycles. The Labute approximate surface area is 101 Å². The van der Waals surface area contributed by atoms with Gasteiger partial charge in [-0.3, -0.25) is 0 Å². The predicted molar refractivity (Wildman–Crippen MR) is 64.8 cm³/mol. The van der Waals surface area contributed by atoms with Crippen LogP contribution >= 0.6 is 11.6 Å². The van der Waals surface area contributed by atoms with Crippen molar-refractivity contribution in [1.82, 2.24) is 0 Å². The van der Waals surface area contributed by atoms with Gasteiger partial charge in [-0.15, -0.1) is 0 Å². The number of benzene rings is 1. The SMILES string of the molecule is CCC(CO)C1(c2ccc(Cl)cc2)COC1. The van der Waals surface area contributed by atoms with Crippen LogP contribution in [0, 0.1) is 5.92 Å². The summed E-state index contributed by atoms with van der Waals surface area (Å²) in [5.74, 6) is 0.266. The Bertz CT molecular complexity index is 339. The molecule has 1 unspecified atom stereocenters. The molecule has 16 heavy (non-hydrogen) atoms. The van der Waals surface area contributed by atoms with Gasteiger partial charge in [0.2, 0.25) is 0 Å². The summed E-state index contributed by atoms with van der Waals surface area (Å²) in [5.41, 5.74) is 1.22. The van der Waals surface area contributed by atoms with Crippen LogP contribution in [0.5, 0.6) is 0 Å². The summed E-state index contributed by atoms with van der Waals surface area (Å²) in [6.07, 6.45) is 0.961. The van der Waals surface area contributed by atoms with Gasteiger partial charge in [0.1, 0.15) is 0 Å². The first kappa shape index (κ1) is 11.9. The number of hydrogen-bond acceptors (Lipinski definition) is 2. The Hall–Kier alpha value is -0.570. The van der Waals surface area contributed by atoms with Crippen molar-refractivity contribution in [2.75, 3.05) is 19.8 Å². The molecular weight excluding hydrogens is 224 g/mol. The first-order valence-electron chi connectivity index (χ1n) is 5.67. The Balaban J connectivity index is 2.30. The Morgan fingerprint density at radius 3 is 2.38 bits per heavy atom. The summed E-state index contributed by atoms with van der Waals surface area (Å²) < 4.78 is 5.36. The summed E-state index contributed by atoms with van der Waals surface area (Å²) in [7, 11) is 0. The molecule has 1 aliphatic rings. The standard InChI is InChI=1S/C13H17ClO2/c1-2-10(7-15)13(8-16-9-13)11-3-5-12(14)6-4-11/h3-6,10,15H,2,7-9H2,1H3. The zero-order valence-electron chi connectivity index (χ0n) is 9.45. The molecule has 0 saturated carbocycles. The van der Waals surface area contributed by atoms with Crippen LogP contribution in [0.15, 0.2) is 24.3 Å². The second kappa shape index (κ2) is 4.74. The fraction of sp³-hybridized carbons (Fsp3) is 0.538. The molecule has 1 aliphatic heterocycles. The molecule has 1 fully saturated rings. The Morgan fingerprint density at radius 2 is 2.00 bits per heavy atom. The van der Waals surface area contributed by atoms with Crippen LogP contribution in [0.3, 0.4) is 0 Å². The average molecular weight is 241 g/mol. The number of halogens is 1. The third kappa shape index (κ3) is 1.86. The highest BCUT2D eigenvalue weighted by Gasteiger charge is 2.45. The van der Waals surface area contributed by atoms with E-state index < -0.39 is 0 Å². The highest BCUT2D eigenvalue weighted by Crippen LogP contribution is 2.41. The minimum absolute atomic E-state index is 0.00586. The van der Waals surface area contributed by atoms with Crippen molar-refractivity contribution in [3.63, 3.8) is 0 Å². The van der Waals surface area contributed by atoms with Crippen LogP contribution in [-0.2, 0) is 10.2 Å². The van der Waals surface area contributed by atoms with Crippen molar-refractivity contribution in [3.8, 4) is 0 Å². The average Bonchev–Trinajstić information content (AvgIpc) is 2.25. The lowest BCUT2D eigenvalue weighted by Crippen LogP contribution is -2.53. The molecule has 2 nitrogen and oxygen atoms in total. The number of ether oxygens (including phenoxy) is 1. The van der Waals surface area contributed by atoms with Gasteiger partial charge >= 0.3 is 0 Å². The van der Waals surface area contributed by atoms with E-state index in [-0.39, 0.29) is 17.9 Å². The van der Waals surface area contributed by atoms with Gasteiger partial charge in [-0.1, -0.05) is 37.1 Å². The monoisotopic (exact) mass is 240 g/mol. The van der Waals surface area contributed by atoms with Gasteiger partial charge in [0.15, 0.2) is 0 Å². The maximum Gasteiger partial charge on any atom is 0.0589 e. The summed E-state index contributed by atoms with van der Waals surface area (Å²) in [5, 5.41) is 10.2. The predicted octanol–water partition coefficient (Wildman–Crippen LogP) is 2.63. The molecule has 2 rings (SSSR count). The molecule has 0 aromatic heterocycles. The molecule has 0 aliphatic carbocycles. The number of aliphatic hydroxyl groups excluding tert-OH is 1. The maximum atomic E-state index is 9.46. The second-order valence-corrected chi connectivity index (χ2v) is 4.88. The van der Waals surface area contributed by atoms with Crippen molar-refractivity contribution < 1.29 is 9.84 Å². The molecule has 0 amide bonds. The lowest BCUT2D eigenvalue weighted by Gasteiger charge is -2.47. The number of aliphatic hydroxyl groups is 1. The fourth-order valence-corrected chi connectivity index (χ4v) is 2.56. The zero-order chi connectivity index (χ0) is 11.6. The molecule has 1 aromatic carbocycles. The summed E-state index contributed by atoms with van der Waals surface area (Å²) in [6, 6.07) is 7.90. The Morgan fingerprint density at radius 1 is 1.38 bits per heavy atom. The maximum absolute atomic E-state index is 9.46. The number of rotatable bonds is 4. The molecule has 1 saturated heterocycles. The van der Waals surface area contributed by atoms with Gasteiger partial charge in [0.25, 0.3) is 0 Å². The van der Waals surface area contributed by atoms with Crippen LogP contribution in [0.2, 0.25) is 5.02 Å². The van der Waals surface area contributed by atoms with Gasteiger partial charge in [-0.2, -0.15) is 0 Å². The van der Waals surface area contributed by atoms with Crippen molar-refractivity contribution in [1.29, 1.82) is 0 Å². The van der Waals surface area contributed by atoms with E-state index in [0.29, 0.717) is 13.2 Å². The van der Waals surface area contributed by atoms with Crippen LogP contribution < -0.4 is 0 Å². The van der Waals surface area contributed by atoms with Crippen molar-refractivity contribution >= 4 is 11.6 Å². The molecule has 0 radical (unpaired) electrons. The lowest BCUT2D eigenvalue weighted by molar-refractivity contribution is -0.101. The summed E-state index contributed by atoms with van der Waals surface area (Å²) in [6.45, 7) is 3.72. The van der Waals surface area contributed by atoms with E-state index in [4.69, 9.17) is 16.3 Å². The highest BCUT2D eigenvalue weighted by atomic mass is 35.5. The molecular formula is C13H17ClO2. The van der Waals surface area contributed by atoms with E-state index in [2.05, 4.69) is 6.92 Å².